The standard InChI is InChI=1S/C22H28N2O2.ClH/c1-16(21(23)18-11-6-3-7-12-18)22(26)24-14-8-13-19(24)15-20(25)17-9-4-2-5-10-17;/h2-7,9-12,16,19-21,25H,8,13-15,23H2,1H3;1H. The number of aliphatic hydroxyl groups is 1. The minimum absolute atomic E-state index is 0. The maximum atomic E-state index is 13.1. The van der Waals surface area contributed by atoms with Crippen LogP contribution >= 0.6 is 12.4 Å². The molecule has 3 N–H and O–H groups in total. The lowest BCUT2D eigenvalue weighted by atomic mass is 9.93. The number of aliphatic hydroxyl groups excluding tert-OH is 1. The first-order valence-electron chi connectivity index (χ1n) is 9.42. The molecule has 4 atom stereocenters. The Morgan fingerprint density at radius 3 is 2.26 bits per heavy atom. The number of rotatable bonds is 6. The molecule has 2 aromatic carbocycles. The normalized spacial score (nSPS) is 19.8. The molecule has 27 heavy (non-hydrogen) atoms. The van der Waals surface area contributed by atoms with Crippen LogP contribution in [0.3, 0.4) is 0 Å². The van der Waals surface area contributed by atoms with Gasteiger partial charge < -0.3 is 15.7 Å². The fraction of sp³-hybridized carbons (Fsp3) is 0.409. The van der Waals surface area contributed by atoms with Crippen LogP contribution in [0.4, 0.5) is 0 Å². The smallest absolute Gasteiger partial charge is 0.227 e. The summed E-state index contributed by atoms with van der Waals surface area (Å²) in [5.74, 6) is -0.198. The van der Waals surface area contributed by atoms with E-state index in [9.17, 15) is 9.90 Å². The SMILES string of the molecule is CC(C(=O)N1CCCC1CC(O)c1ccccc1)C(N)c1ccccc1.Cl. The molecular weight excluding hydrogens is 360 g/mol. The summed E-state index contributed by atoms with van der Waals surface area (Å²) in [6, 6.07) is 19.2. The number of nitrogens with two attached hydrogens (primary N) is 1. The fourth-order valence-corrected chi connectivity index (χ4v) is 3.82. The quantitative estimate of drug-likeness (QED) is 0.789. The summed E-state index contributed by atoms with van der Waals surface area (Å²) in [5.41, 5.74) is 8.23. The van der Waals surface area contributed by atoms with E-state index in [0.29, 0.717) is 6.42 Å². The van der Waals surface area contributed by atoms with Crippen LogP contribution in [0.2, 0.25) is 0 Å². The highest BCUT2D eigenvalue weighted by Gasteiger charge is 2.35. The molecule has 0 bridgehead atoms. The average molecular weight is 389 g/mol. The van der Waals surface area contributed by atoms with Gasteiger partial charge in [0.05, 0.1) is 12.0 Å². The summed E-state index contributed by atoms with van der Waals surface area (Å²) in [6.45, 7) is 2.65. The maximum Gasteiger partial charge on any atom is 0.227 e. The van der Waals surface area contributed by atoms with E-state index in [4.69, 9.17) is 5.73 Å². The van der Waals surface area contributed by atoms with E-state index < -0.39 is 6.10 Å². The van der Waals surface area contributed by atoms with Crippen molar-refractivity contribution in [3.63, 3.8) is 0 Å². The van der Waals surface area contributed by atoms with Gasteiger partial charge in [0, 0.05) is 18.6 Å². The average Bonchev–Trinajstić information content (AvgIpc) is 3.15. The van der Waals surface area contributed by atoms with Gasteiger partial charge >= 0.3 is 0 Å². The van der Waals surface area contributed by atoms with Crippen molar-refractivity contribution < 1.29 is 9.90 Å². The molecule has 4 nitrogen and oxygen atoms in total. The number of halogens is 1. The number of benzene rings is 2. The largest absolute Gasteiger partial charge is 0.388 e. The molecule has 1 aliphatic heterocycles. The van der Waals surface area contributed by atoms with Gasteiger partial charge in [-0.2, -0.15) is 0 Å². The van der Waals surface area contributed by atoms with E-state index in [1.807, 2.05) is 72.5 Å². The van der Waals surface area contributed by atoms with Crippen molar-refractivity contribution in [3.05, 3.63) is 71.8 Å². The fourth-order valence-electron chi connectivity index (χ4n) is 3.82. The molecule has 4 unspecified atom stereocenters. The van der Waals surface area contributed by atoms with Crippen molar-refractivity contribution in [2.45, 2.75) is 44.4 Å². The Morgan fingerprint density at radius 2 is 1.67 bits per heavy atom. The summed E-state index contributed by atoms with van der Waals surface area (Å²) in [5, 5.41) is 10.5. The zero-order chi connectivity index (χ0) is 18.5. The van der Waals surface area contributed by atoms with Gasteiger partial charge in [-0.3, -0.25) is 4.79 Å². The van der Waals surface area contributed by atoms with Gasteiger partial charge in [-0.1, -0.05) is 67.6 Å². The predicted octanol–water partition coefficient (Wildman–Crippen LogP) is 3.86. The van der Waals surface area contributed by atoms with E-state index in [0.717, 1.165) is 30.5 Å². The van der Waals surface area contributed by atoms with Gasteiger partial charge in [0.15, 0.2) is 0 Å². The van der Waals surface area contributed by atoms with Crippen LogP contribution in [-0.2, 0) is 4.79 Å². The van der Waals surface area contributed by atoms with Crippen LogP contribution in [0, 0.1) is 5.92 Å². The highest BCUT2D eigenvalue weighted by Crippen LogP contribution is 2.30. The van der Waals surface area contributed by atoms with E-state index in [1.165, 1.54) is 0 Å². The first-order valence-corrected chi connectivity index (χ1v) is 9.42. The van der Waals surface area contributed by atoms with E-state index in [1.54, 1.807) is 0 Å². The minimum Gasteiger partial charge on any atom is -0.388 e. The number of carbonyl (C=O) groups excluding carboxylic acids is 1. The molecule has 0 aliphatic carbocycles. The van der Waals surface area contributed by atoms with Gasteiger partial charge in [-0.05, 0) is 30.4 Å². The topological polar surface area (TPSA) is 66.6 Å². The molecule has 0 saturated carbocycles. The Labute approximate surface area is 167 Å². The van der Waals surface area contributed by atoms with Crippen LogP contribution < -0.4 is 5.73 Å². The lowest BCUT2D eigenvalue weighted by molar-refractivity contribution is -0.137. The number of hydrogen-bond donors (Lipinski definition) is 2. The molecule has 1 heterocycles. The third-order valence-electron chi connectivity index (χ3n) is 5.45. The van der Waals surface area contributed by atoms with Crippen LogP contribution in [-0.4, -0.2) is 28.5 Å². The molecule has 2 aromatic rings. The van der Waals surface area contributed by atoms with Crippen molar-refractivity contribution in [2.24, 2.45) is 11.7 Å². The molecule has 1 saturated heterocycles. The van der Waals surface area contributed by atoms with Gasteiger partial charge in [0.1, 0.15) is 0 Å². The molecule has 1 amide bonds. The van der Waals surface area contributed by atoms with Gasteiger partial charge in [-0.15, -0.1) is 12.4 Å². The predicted molar refractivity (Wildman–Crippen MR) is 111 cm³/mol. The second kappa shape index (κ2) is 9.88. The lowest BCUT2D eigenvalue weighted by Crippen LogP contribution is -2.42. The summed E-state index contributed by atoms with van der Waals surface area (Å²) < 4.78 is 0. The van der Waals surface area contributed by atoms with Crippen molar-refractivity contribution in [2.75, 3.05) is 6.54 Å². The lowest BCUT2D eigenvalue weighted by Gasteiger charge is -2.31. The van der Waals surface area contributed by atoms with Crippen LogP contribution in [0.1, 0.15) is 49.5 Å². The maximum absolute atomic E-state index is 13.1. The molecule has 3 rings (SSSR count). The highest BCUT2D eigenvalue weighted by molar-refractivity contribution is 5.85. The second-order valence-corrected chi connectivity index (χ2v) is 7.22. The zero-order valence-corrected chi connectivity index (χ0v) is 16.5. The Morgan fingerprint density at radius 1 is 1.11 bits per heavy atom. The molecule has 0 spiro atoms. The van der Waals surface area contributed by atoms with Crippen molar-refractivity contribution >= 4 is 18.3 Å². The minimum atomic E-state index is -0.548. The van der Waals surface area contributed by atoms with E-state index >= 15 is 0 Å². The van der Waals surface area contributed by atoms with Gasteiger partial charge in [-0.25, -0.2) is 0 Å². The summed E-state index contributed by atoms with van der Waals surface area (Å²) >= 11 is 0. The molecule has 1 fully saturated rings. The second-order valence-electron chi connectivity index (χ2n) is 7.22. The molecule has 146 valence electrons. The van der Waals surface area contributed by atoms with Crippen LogP contribution in [0.5, 0.6) is 0 Å². The van der Waals surface area contributed by atoms with Gasteiger partial charge in [0.2, 0.25) is 5.91 Å². The Hall–Kier alpha value is -1.88. The van der Waals surface area contributed by atoms with E-state index in [-0.39, 0.29) is 36.3 Å². The zero-order valence-electron chi connectivity index (χ0n) is 15.7. The number of likely N-dealkylation sites (tertiary alicyclic amines) is 1. The third kappa shape index (κ3) is 5.10. The van der Waals surface area contributed by atoms with Crippen molar-refractivity contribution in [1.82, 2.24) is 4.90 Å². The highest BCUT2D eigenvalue weighted by atomic mass is 35.5. The third-order valence-corrected chi connectivity index (χ3v) is 5.45. The van der Waals surface area contributed by atoms with Crippen molar-refractivity contribution in [1.29, 1.82) is 0 Å². The summed E-state index contributed by atoms with van der Waals surface area (Å²) in [6.07, 6.45) is 1.93. The van der Waals surface area contributed by atoms with E-state index in [2.05, 4.69) is 0 Å². The first kappa shape index (κ1) is 21.4. The monoisotopic (exact) mass is 388 g/mol. The van der Waals surface area contributed by atoms with Gasteiger partial charge in [0.25, 0.3) is 0 Å². The van der Waals surface area contributed by atoms with Crippen LogP contribution in [0.15, 0.2) is 60.7 Å². The van der Waals surface area contributed by atoms with Crippen molar-refractivity contribution in [3.8, 4) is 0 Å². The molecule has 5 heteroatoms. The number of carbonyl (C=O) groups is 1. The summed E-state index contributed by atoms with van der Waals surface area (Å²) in [4.78, 5) is 15.0. The molecule has 0 radical (unpaired) electrons. The molecule has 1 aliphatic rings. The molecule has 0 aromatic heterocycles. The Balaban J connectivity index is 0.00000261. The summed E-state index contributed by atoms with van der Waals surface area (Å²) in [7, 11) is 0. The first-order chi connectivity index (χ1) is 12.6. The Bertz CT molecular complexity index is 711. The number of hydrogen-bond acceptors (Lipinski definition) is 3. The number of amides is 1. The molecular formula is C22H29ClN2O2. The Kier molecular flexibility index (Phi) is 7.84. The number of nitrogens with zero attached hydrogens (tertiary/aromatic N) is 1. The van der Waals surface area contributed by atoms with Crippen LogP contribution in [0.25, 0.3) is 0 Å².